The maximum atomic E-state index is 13.7. The normalized spacial score (nSPS) is 11.4. The average molecular weight is 383 g/mol. The van der Waals surface area contributed by atoms with Crippen LogP contribution >= 0.6 is 0 Å². The van der Waals surface area contributed by atoms with Crippen LogP contribution in [-0.2, 0) is 17.5 Å². The lowest BCUT2D eigenvalue weighted by atomic mass is 10.1. The molecule has 1 heterocycles. The minimum atomic E-state index is -4.59. The van der Waals surface area contributed by atoms with Crippen molar-refractivity contribution in [1.82, 2.24) is 5.16 Å². The summed E-state index contributed by atoms with van der Waals surface area (Å²) in [4.78, 5) is 11.9. The van der Waals surface area contributed by atoms with Gasteiger partial charge in [0.15, 0.2) is 5.76 Å². The molecule has 0 amide bonds. The number of ether oxygens (including phenoxy) is 1. The number of aromatic nitrogens is 1. The fraction of sp³-hybridized carbons (Fsp3) is 0.111. The van der Waals surface area contributed by atoms with Crippen LogP contribution in [-0.4, -0.2) is 11.1 Å². The molecule has 0 atom stereocenters. The fourth-order valence-corrected chi connectivity index (χ4v) is 2.24. The number of hydrogen-bond acceptors (Lipinski definition) is 4. The van der Waals surface area contributed by atoms with Crippen LogP contribution in [0.1, 0.15) is 21.6 Å². The van der Waals surface area contributed by atoms with E-state index in [1.807, 2.05) is 0 Å². The van der Waals surface area contributed by atoms with E-state index >= 15 is 0 Å². The van der Waals surface area contributed by atoms with E-state index in [0.717, 1.165) is 24.3 Å². The lowest BCUT2D eigenvalue weighted by Gasteiger charge is -2.08. The molecule has 0 aliphatic carbocycles. The molecule has 2 aromatic carbocycles. The molecule has 3 rings (SSSR count). The highest BCUT2D eigenvalue weighted by molar-refractivity contribution is 5.89. The highest BCUT2D eigenvalue weighted by atomic mass is 19.4. The number of benzene rings is 2. The van der Waals surface area contributed by atoms with Gasteiger partial charge in [0.25, 0.3) is 0 Å². The predicted molar refractivity (Wildman–Crippen MR) is 82.4 cm³/mol. The van der Waals surface area contributed by atoms with E-state index in [4.69, 9.17) is 9.26 Å². The monoisotopic (exact) mass is 383 g/mol. The highest BCUT2D eigenvalue weighted by Gasteiger charge is 2.31. The molecule has 0 aliphatic rings. The molecule has 0 bridgehead atoms. The van der Waals surface area contributed by atoms with Crippen molar-refractivity contribution >= 4 is 5.97 Å². The summed E-state index contributed by atoms with van der Waals surface area (Å²) in [5.41, 5.74) is -1.20. The van der Waals surface area contributed by atoms with Gasteiger partial charge >= 0.3 is 12.1 Å². The van der Waals surface area contributed by atoms with Crippen LogP contribution in [0.5, 0.6) is 0 Å². The summed E-state index contributed by atoms with van der Waals surface area (Å²) in [5, 5.41) is 3.59. The standard InChI is InChI=1S/C18H10F5NO3/c19-12-4-5-14(15(20)7-12)16-8-13(24-27-16)9-26-17(25)10-2-1-3-11(6-10)18(21,22)23/h1-8H,9H2. The van der Waals surface area contributed by atoms with E-state index in [1.165, 1.54) is 12.1 Å². The van der Waals surface area contributed by atoms with E-state index in [9.17, 15) is 26.7 Å². The SMILES string of the molecule is O=C(OCc1cc(-c2ccc(F)cc2F)on1)c1cccc(C(F)(F)F)c1. The first-order chi connectivity index (χ1) is 12.7. The van der Waals surface area contributed by atoms with Crippen LogP contribution in [0.4, 0.5) is 22.0 Å². The van der Waals surface area contributed by atoms with Crippen LogP contribution in [0.3, 0.4) is 0 Å². The molecular formula is C18H10F5NO3. The molecule has 0 fully saturated rings. The Balaban J connectivity index is 1.69. The molecule has 27 heavy (non-hydrogen) atoms. The molecule has 0 N–H and O–H groups in total. The van der Waals surface area contributed by atoms with E-state index in [-0.39, 0.29) is 22.6 Å². The first-order valence-electron chi connectivity index (χ1n) is 7.49. The Morgan fingerprint density at radius 1 is 1.07 bits per heavy atom. The maximum Gasteiger partial charge on any atom is 0.416 e. The Kier molecular flexibility index (Phi) is 4.93. The van der Waals surface area contributed by atoms with Gasteiger partial charge in [-0.1, -0.05) is 11.2 Å². The van der Waals surface area contributed by atoms with Gasteiger partial charge in [-0.05, 0) is 30.3 Å². The topological polar surface area (TPSA) is 52.3 Å². The smallest absolute Gasteiger partial charge is 0.416 e. The van der Waals surface area contributed by atoms with Gasteiger partial charge in [-0.2, -0.15) is 13.2 Å². The quantitative estimate of drug-likeness (QED) is 0.470. The molecule has 0 radical (unpaired) electrons. The minimum Gasteiger partial charge on any atom is -0.455 e. The van der Waals surface area contributed by atoms with Crippen LogP contribution in [0, 0.1) is 11.6 Å². The lowest BCUT2D eigenvalue weighted by Crippen LogP contribution is -2.09. The number of carbonyl (C=O) groups is 1. The first-order valence-corrected chi connectivity index (χ1v) is 7.49. The Labute approximate surface area is 149 Å². The van der Waals surface area contributed by atoms with Gasteiger partial charge in [0.1, 0.15) is 23.9 Å². The number of alkyl halides is 3. The second-order valence-corrected chi connectivity index (χ2v) is 5.46. The predicted octanol–water partition coefficient (Wildman–Crippen LogP) is 5.00. The third-order valence-electron chi connectivity index (χ3n) is 3.53. The zero-order chi connectivity index (χ0) is 19.6. The van der Waals surface area contributed by atoms with Crippen molar-refractivity contribution in [1.29, 1.82) is 0 Å². The van der Waals surface area contributed by atoms with Crippen molar-refractivity contribution in [3.8, 4) is 11.3 Å². The maximum absolute atomic E-state index is 13.7. The van der Waals surface area contributed by atoms with Gasteiger partial charge in [0.05, 0.1) is 16.7 Å². The summed E-state index contributed by atoms with van der Waals surface area (Å²) in [6.07, 6.45) is -4.59. The summed E-state index contributed by atoms with van der Waals surface area (Å²) in [5.74, 6) is -2.62. The van der Waals surface area contributed by atoms with Gasteiger partial charge < -0.3 is 9.26 Å². The largest absolute Gasteiger partial charge is 0.455 e. The van der Waals surface area contributed by atoms with Gasteiger partial charge in [0, 0.05) is 12.1 Å². The van der Waals surface area contributed by atoms with Gasteiger partial charge in [0.2, 0.25) is 0 Å². The number of rotatable bonds is 4. The van der Waals surface area contributed by atoms with Crippen LogP contribution in [0.2, 0.25) is 0 Å². The summed E-state index contributed by atoms with van der Waals surface area (Å²) in [6, 6.07) is 7.91. The zero-order valence-electron chi connectivity index (χ0n) is 13.4. The van der Waals surface area contributed by atoms with Gasteiger partial charge in [-0.15, -0.1) is 0 Å². The molecule has 140 valence electrons. The Morgan fingerprint density at radius 3 is 2.56 bits per heavy atom. The first kappa shape index (κ1) is 18.6. The molecule has 0 unspecified atom stereocenters. The third-order valence-corrected chi connectivity index (χ3v) is 3.53. The van der Waals surface area contributed by atoms with Crippen LogP contribution < -0.4 is 0 Å². The van der Waals surface area contributed by atoms with Crippen molar-refractivity contribution in [2.45, 2.75) is 12.8 Å². The lowest BCUT2D eigenvalue weighted by molar-refractivity contribution is -0.137. The highest BCUT2D eigenvalue weighted by Crippen LogP contribution is 2.30. The second-order valence-electron chi connectivity index (χ2n) is 5.46. The van der Waals surface area contributed by atoms with Crippen molar-refractivity contribution in [3.63, 3.8) is 0 Å². The minimum absolute atomic E-state index is 0.0161. The van der Waals surface area contributed by atoms with Crippen molar-refractivity contribution in [2.24, 2.45) is 0 Å². The van der Waals surface area contributed by atoms with E-state index in [1.54, 1.807) is 0 Å². The summed E-state index contributed by atoms with van der Waals surface area (Å²) in [7, 11) is 0. The number of carbonyl (C=O) groups excluding carboxylic acids is 1. The summed E-state index contributed by atoms with van der Waals surface area (Å²) in [6.45, 7) is -0.401. The van der Waals surface area contributed by atoms with Crippen molar-refractivity contribution in [3.05, 3.63) is 77.0 Å². The van der Waals surface area contributed by atoms with Gasteiger partial charge in [-0.3, -0.25) is 0 Å². The Morgan fingerprint density at radius 2 is 1.85 bits per heavy atom. The molecule has 0 saturated heterocycles. The fourth-order valence-electron chi connectivity index (χ4n) is 2.24. The molecule has 0 spiro atoms. The molecule has 9 heteroatoms. The van der Waals surface area contributed by atoms with E-state index in [2.05, 4.69) is 5.16 Å². The summed E-state index contributed by atoms with van der Waals surface area (Å²) >= 11 is 0. The Hall–Kier alpha value is -3.23. The molecule has 4 nitrogen and oxygen atoms in total. The molecule has 0 aliphatic heterocycles. The Bertz CT molecular complexity index is 981. The van der Waals surface area contributed by atoms with Crippen molar-refractivity contribution < 1.29 is 36.0 Å². The number of esters is 1. The van der Waals surface area contributed by atoms with E-state index in [0.29, 0.717) is 12.1 Å². The third kappa shape index (κ3) is 4.30. The molecule has 1 aromatic heterocycles. The van der Waals surface area contributed by atoms with Crippen LogP contribution in [0.15, 0.2) is 53.1 Å². The molecule has 0 saturated carbocycles. The average Bonchev–Trinajstić information content (AvgIpc) is 3.07. The summed E-state index contributed by atoms with van der Waals surface area (Å²) < 4.78 is 74.5. The number of hydrogen-bond donors (Lipinski definition) is 0. The zero-order valence-corrected chi connectivity index (χ0v) is 13.4. The van der Waals surface area contributed by atoms with E-state index < -0.39 is 36.0 Å². The van der Waals surface area contributed by atoms with Gasteiger partial charge in [-0.25, -0.2) is 13.6 Å². The second kappa shape index (κ2) is 7.18. The molecular weight excluding hydrogens is 373 g/mol. The number of halogens is 5. The van der Waals surface area contributed by atoms with Crippen LogP contribution in [0.25, 0.3) is 11.3 Å². The van der Waals surface area contributed by atoms with Crippen molar-refractivity contribution in [2.75, 3.05) is 0 Å². The number of nitrogens with zero attached hydrogens (tertiary/aromatic N) is 1. The molecule has 3 aromatic rings.